The van der Waals surface area contributed by atoms with Gasteiger partial charge in [-0.3, -0.25) is 9.69 Å². The first kappa shape index (κ1) is 26.3. The van der Waals surface area contributed by atoms with Crippen molar-refractivity contribution in [1.82, 2.24) is 9.74 Å². The molecule has 2 heterocycles. The molecule has 3 nitrogen and oxygen atoms in total. The van der Waals surface area contributed by atoms with Gasteiger partial charge in [-0.15, -0.1) is 11.3 Å². The Balaban J connectivity index is 1.25. The van der Waals surface area contributed by atoms with Gasteiger partial charge in [-0.25, -0.2) is 4.84 Å². The van der Waals surface area contributed by atoms with Gasteiger partial charge in [0, 0.05) is 27.4 Å². The Morgan fingerprint density at radius 2 is 1.73 bits per heavy atom. The van der Waals surface area contributed by atoms with Gasteiger partial charge in [-0.2, -0.15) is 0 Å². The predicted molar refractivity (Wildman–Crippen MR) is 162 cm³/mol. The summed E-state index contributed by atoms with van der Waals surface area (Å²) in [6.07, 6.45) is 12.9. The monoisotopic (exact) mass is 590 g/mol. The molecule has 0 atom stereocenters. The molecule has 0 radical (unpaired) electrons. The molecule has 5 aliphatic rings. The molecule has 8 heteroatoms. The van der Waals surface area contributed by atoms with Gasteiger partial charge in [-0.1, -0.05) is 54.1 Å². The number of carbonyl (C=O) groups excluding carboxylic acids is 1. The molecule has 7 rings (SSSR count). The molecular formula is C29H32Cl2N2OS3. The van der Waals surface area contributed by atoms with Gasteiger partial charge in [0.2, 0.25) is 0 Å². The molecule has 4 saturated carbocycles. The Labute approximate surface area is 243 Å². The molecule has 1 aromatic heterocycles. The number of hydrogen-bond acceptors (Lipinski definition) is 5. The molecule has 2 aromatic rings. The van der Waals surface area contributed by atoms with Gasteiger partial charge in [-0.05, 0) is 122 Å². The Kier molecular flexibility index (Phi) is 8.05. The first-order valence-corrected chi connectivity index (χ1v) is 16.3. The fourth-order valence-electron chi connectivity index (χ4n) is 7.37. The second-order valence-corrected chi connectivity index (χ2v) is 14.6. The molecule has 5 fully saturated rings. The van der Waals surface area contributed by atoms with Crippen LogP contribution in [0.25, 0.3) is 16.5 Å². The summed E-state index contributed by atoms with van der Waals surface area (Å²) in [7, 11) is 0. The minimum absolute atomic E-state index is 0.132. The quantitative estimate of drug-likeness (QED) is 0.137. The van der Waals surface area contributed by atoms with Crippen molar-refractivity contribution in [3.8, 4) is 10.4 Å². The highest BCUT2D eigenvalue weighted by molar-refractivity contribution is 8.26. The molecule has 1 N–H and O–H groups in total. The summed E-state index contributed by atoms with van der Waals surface area (Å²) in [5, 5.41) is 0.738. The van der Waals surface area contributed by atoms with E-state index < -0.39 is 0 Å². The third-order valence-corrected chi connectivity index (χ3v) is 11.7. The van der Waals surface area contributed by atoms with Crippen LogP contribution in [0.1, 0.15) is 61.8 Å². The van der Waals surface area contributed by atoms with Gasteiger partial charge in [0.15, 0.2) is 0 Å². The fraction of sp³-hybridized carbons (Fsp3) is 0.517. The van der Waals surface area contributed by atoms with Crippen molar-refractivity contribution in [2.45, 2.75) is 63.8 Å². The Morgan fingerprint density at radius 3 is 2.41 bits per heavy atom. The number of benzene rings is 1. The number of hydrogen-bond donors (Lipinski definition) is 1. The van der Waals surface area contributed by atoms with E-state index in [1.807, 2.05) is 17.0 Å². The number of nitrogens with one attached hydrogen (secondary N) is 1. The van der Waals surface area contributed by atoms with E-state index in [9.17, 15) is 4.79 Å². The molecule has 1 amide bonds. The standard InChI is InChI=1S/C29H32Cl2N2OS3/c30-23-7-5-19(6-8-23)24-15-20(4-2-1-3-9-32-31)25(36-24)16-26-28(34)33(29(35)37-26)27-21-11-17-10-18(13-21)14-22(27)12-17/h5-8,15-18,21-22,27,32H,1-4,9-14H2/b26-16-. The maximum absolute atomic E-state index is 13.8. The predicted octanol–water partition coefficient (Wildman–Crippen LogP) is 8.55. The van der Waals surface area contributed by atoms with Gasteiger partial charge >= 0.3 is 0 Å². The van der Waals surface area contributed by atoms with Gasteiger partial charge in [0.05, 0.1) is 4.91 Å². The summed E-state index contributed by atoms with van der Waals surface area (Å²) in [6, 6.07) is 10.6. The number of halogens is 2. The average Bonchev–Trinajstić information content (AvgIpc) is 3.39. The molecule has 0 spiro atoms. The van der Waals surface area contributed by atoms with Crippen LogP contribution in [0, 0.1) is 23.7 Å². The summed E-state index contributed by atoms with van der Waals surface area (Å²) < 4.78 is 0.762. The van der Waals surface area contributed by atoms with Crippen molar-refractivity contribution in [1.29, 1.82) is 0 Å². The number of amides is 1. The Hall–Kier alpha value is -0.890. The van der Waals surface area contributed by atoms with E-state index in [4.69, 9.17) is 35.6 Å². The Bertz CT molecular complexity index is 1180. The maximum atomic E-state index is 13.8. The zero-order valence-corrected chi connectivity index (χ0v) is 24.7. The zero-order valence-electron chi connectivity index (χ0n) is 20.8. The van der Waals surface area contributed by atoms with Gasteiger partial charge < -0.3 is 0 Å². The number of rotatable bonds is 9. The molecule has 1 aromatic carbocycles. The zero-order chi connectivity index (χ0) is 25.5. The van der Waals surface area contributed by atoms with E-state index in [1.54, 1.807) is 11.3 Å². The van der Waals surface area contributed by atoms with Crippen molar-refractivity contribution in [3.05, 3.63) is 50.7 Å². The van der Waals surface area contributed by atoms with Crippen LogP contribution in [-0.2, 0) is 11.2 Å². The van der Waals surface area contributed by atoms with Gasteiger partial charge in [0.25, 0.3) is 5.91 Å². The topological polar surface area (TPSA) is 32.3 Å². The normalized spacial score (nSPS) is 29.7. The van der Waals surface area contributed by atoms with Crippen LogP contribution >= 0.6 is 58.7 Å². The van der Waals surface area contributed by atoms with Crippen LogP contribution in [0.15, 0.2) is 35.2 Å². The Morgan fingerprint density at radius 1 is 1.03 bits per heavy atom. The van der Waals surface area contributed by atoms with Crippen molar-refractivity contribution in [2.24, 2.45) is 23.7 Å². The minimum atomic E-state index is 0.132. The number of thiocarbonyl (C=S) groups is 1. The van der Waals surface area contributed by atoms with E-state index in [-0.39, 0.29) is 5.91 Å². The second kappa shape index (κ2) is 11.3. The lowest BCUT2D eigenvalue weighted by molar-refractivity contribution is -0.130. The molecule has 0 unspecified atom stereocenters. The maximum Gasteiger partial charge on any atom is 0.266 e. The molecule has 1 aliphatic heterocycles. The molecule has 37 heavy (non-hydrogen) atoms. The van der Waals surface area contributed by atoms with Crippen molar-refractivity contribution in [3.63, 3.8) is 0 Å². The van der Waals surface area contributed by atoms with Crippen LogP contribution < -0.4 is 4.84 Å². The average molecular weight is 592 g/mol. The van der Waals surface area contributed by atoms with E-state index in [1.165, 1.54) is 59.2 Å². The lowest BCUT2D eigenvalue weighted by Crippen LogP contribution is -2.57. The van der Waals surface area contributed by atoms with E-state index >= 15 is 0 Å². The third-order valence-electron chi connectivity index (χ3n) is 8.75. The lowest BCUT2D eigenvalue weighted by Gasteiger charge is -2.56. The number of thioether (sulfide) groups is 1. The van der Waals surface area contributed by atoms with Crippen LogP contribution in [0.4, 0.5) is 0 Å². The molecule has 196 valence electrons. The summed E-state index contributed by atoms with van der Waals surface area (Å²) in [6.45, 7) is 0.821. The first-order valence-electron chi connectivity index (χ1n) is 13.5. The summed E-state index contributed by atoms with van der Waals surface area (Å²) in [5.74, 6) is 3.16. The number of carbonyl (C=O) groups is 1. The summed E-state index contributed by atoms with van der Waals surface area (Å²) >= 11 is 20.9. The second-order valence-electron chi connectivity index (χ2n) is 11.2. The highest BCUT2D eigenvalue weighted by Gasteiger charge is 2.53. The van der Waals surface area contributed by atoms with Crippen molar-refractivity contribution < 1.29 is 4.79 Å². The van der Waals surface area contributed by atoms with Crippen LogP contribution in [-0.4, -0.2) is 27.7 Å². The lowest BCUT2D eigenvalue weighted by atomic mass is 9.54. The van der Waals surface area contributed by atoms with E-state index in [2.05, 4.69) is 29.1 Å². The summed E-state index contributed by atoms with van der Waals surface area (Å²) in [5.41, 5.74) is 2.46. The number of aryl methyl sites for hydroxylation is 1. The number of thiophene rings is 1. The smallest absolute Gasteiger partial charge is 0.266 e. The molecule has 1 saturated heterocycles. The van der Waals surface area contributed by atoms with Crippen LogP contribution in [0.2, 0.25) is 5.02 Å². The largest absolute Gasteiger partial charge is 0.289 e. The number of unbranched alkanes of at least 4 members (excludes halogenated alkanes) is 2. The first-order chi connectivity index (χ1) is 18.0. The summed E-state index contributed by atoms with van der Waals surface area (Å²) in [4.78, 5) is 21.7. The van der Waals surface area contributed by atoms with E-state index in [0.29, 0.717) is 17.9 Å². The minimum Gasteiger partial charge on any atom is -0.289 e. The number of nitrogens with zero attached hydrogens (tertiary/aromatic N) is 1. The highest BCUT2D eigenvalue weighted by atomic mass is 35.5. The molecule has 4 aliphatic carbocycles. The molecular weight excluding hydrogens is 559 g/mol. The van der Waals surface area contributed by atoms with Crippen LogP contribution in [0.3, 0.4) is 0 Å². The van der Waals surface area contributed by atoms with Crippen molar-refractivity contribution >= 4 is 75.0 Å². The SMILES string of the molecule is O=C1/C(=C/c2sc(-c3ccc(Cl)cc3)cc2CCCCCNCl)SC(=S)N1C1C2CC3CC(C2)CC1C3. The van der Waals surface area contributed by atoms with Gasteiger partial charge in [0.1, 0.15) is 4.32 Å². The van der Waals surface area contributed by atoms with Crippen LogP contribution in [0.5, 0.6) is 0 Å². The van der Waals surface area contributed by atoms with Crippen molar-refractivity contribution in [2.75, 3.05) is 6.54 Å². The fourth-order valence-corrected chi connectivity index (χ4v) is 10.2. The highest BCUT2D eigenvalue weighted by Crippen LogP contribution is 2.56. The molecule has 4 bridgehead atoms. The van der Waals surface area contributed by atoms with E-state index in [0.717, 1.165) is 63.9 Å². The third kappa shape index (κ3) is 5.44.